The summed E-state index contributed by atoms with van der Waals surface area (Å²) in [6.45, 7) is 9.51. The highest BCUT2D eigenvalue weighted by atomic mass is 31.2. The fourth-order valence-corrected chi connectivity index (χ4v) is 12.9. The minimum Gasteiger partial charge on any atom is -0.462 e. The van der Waals surface area contributed by atoms with Crippen molar-refractivity contribution >= 4 is 39.5 Å². The number of ether oxygens (including phenoxy) is 4. The van der Waals surface area contributed by atoms with Gasteiger partial charge in [0.05, 0.1) is 26.4 Å². The van der Waals surface area contributed by atoms with Crippen molar-refractivity contribution < 1.29 is 80.2 Å². The molecule has 0 aliphatic carbocycles. The molecule has 17 nitrogen and oxygen atoms in total. The van der Waals surface area contributed by atoms with Gasteiger partial charge in [0.15, 0.2) is 12.2 Å². The van der Waals surface area contributed by atoms with Crippen molar-refractivity contribution in [2.45, 2.75) is 400 Å². The molecular formula is C74H144O17P2. The summed E-state index contributed by atoms with van der Waals surface area (Å²) in [4.78, 5) is 72.4. The summed E-state index contributed by atoms with van der Waals surface area (Å²) in [6.07, 6.45) is 53.1. The summed E-state index contributed by atoms with van der Waals surface area (Å²) in [5.41, 5.74) is 0. The third kappa shape index (κ3) is 68.4. The second-order valence-electron chi connectivity index (χ2n) is 27.6. The first-order chi connectivity index (χ1) is 44.9. The molecule has 0 radical (unpaired) electrons. The number of esters is 4. The van der Waals surface area contributed by atoms with Crippen LogP contribution in [-0.4, -0.2) is 96.7 Å². The summed E-state index contributed by atoms with van der Waals surface area (Å²) in [5, 5.41) is 10.6. The van der Waals surface area contributed by atoms with Crippen molar-refractivity contribution in [1.29, 1.82) is 0 Å². The number of phosphoric acid groups is 2. The third-order valence-electron chi connectivity index (χ3n) is 17.2. The zero-order valence-corrected chi connectivity index (χ0v) is 62.3. The second kappa shape index (κ2) is 66.0. The predicted octanol–water partition coefficient (Wildman–Crippen LogP) is 21.6. The number of rotatable bonds is 73. The van der Waals surface area contributed by atoms with Crippen LogP contribution in [0.2, 0.25) is 0 Å². The minimum absolute atomic E-state index is 0.105. The molecule has 0 saturated heterocycles. The van der Waals surface area contributed by atoms with E-state index in [0.717, 1.165) is 108 Å². The van der Waals surface area contributed by atoms with Crippen molar-refractivity contribution in [2.75, 3.05) is 39.6 Å². The van der Waals surface area contributed by atoms with Gasteiger partial charge in [-0.3, -0.25) is 37.3 Å². The van der Waals surface area contributed by atoms with E-state index in [1.165, 1.54) is 193 Å². The molecule has 0 aromatic heterocycles. The van der Waals surface area contributed by atoms with Crippen molar-refractivity contribution in [3.8, 4) is 0 Å². The van der Waals surface area contributed by atoms with Crippen LogP contribution in [0.1, 0.15) is 382 Å². The van der Waals surface area contributed by atoms with Crippen LogP contribution in [0, 0.1) is 11.8 Å². The molecule has 0 heterocycles. The number of aliphatic hydroxyl groups is 1. The van der Waals surface area contributed by atoms with Crippen LogP contribution in [0.4, 0.5) is 0 Å². The van der Waals surface area contributed by atoms with Crippen LogP contribution in [0.15, 0.2) is 0 Å². The van der Waals surface area contributed by atoms with E-state index in [1.807, 2.05) is 0 Å². The number of aliphatic hydroxyl groups excluding tert-OH is 1. The molecular weight excluding hydrogens is 1220 g/mol. The van der Waals surface area contributed by atoms with Crippen molar-refractivity contribution in [3.63, 3.8) is 0 Å². The lowest BCUT2D eigenvalue weighted by Gasteiger charge is -2.21. The average molecular weight is 1370 g/mol. The standard InChI is InChI=1S/C74H144O17P2/c1-7-9-11-13-14-15-16-17-18-19-22-25-28-34-39-45-51-57-72(77)85-63-70(91-74(79)58-52-46-40-35-29-26-23-20-21-24-27-32-37-43-48-54-66(3)4)65-89-93(82,83)87-61-68(75)60-86-92(80,81)88-64-69(62-84-71(76)56-50-42-12-10-8-2)90-73(78)59-53-47-41-36-31-30-33-38-44-49-55-67(5)6/h66-70,75H,7-65H2,1-6H3,(H,80,81)(H,82,83)/t68-,69+,70+/m0/s1. The lowest BCUT2D eigenvalue weighted by molar-refractivity contribution is -0.161. The van der Waals surface area contributed by atoms with Gasteiger partial charge in [0, 0.05) is 25.7 Å². The molecule has 0 rings (SSSR count). The number of phosphoric ester groups is 2. The Kier molecular flexibility index (Phi) is 64.6. The van der Waals surface area contributed by atoms with E-state index in [-0.39, 0.29) is 25.7 Å². The smallest absolute Gasteiger partial charge is 0.462 e. The molecule has 552 valence electrons. The van der Waals surface area contributed by atoms with E-state index in [0.29, 0.717) is 25.7 Å². The van der Waals surface area contributed by atoms with Crippen molar-refractivity contribution in [2.24, 2.45) is 11.8 Å². The second-order valence-corrected chi connectivity index (χ2v) is 30.5. The molecule has 19 heteroatoms. The van der Waals surface area contributed by atoms with Crippen LogP contribution in [-0.2, 0) is 65.4 Å². The van der Waals surface area contributed by atoms with Gasteiger partial charge in [-0.2, -0.15) is 0 Å². The maximum atomic E-state index is 13.1. The molecule has 93 heavy (non-hydrogen) atoms. The summed E-state index contributed by atoms with van der Waals surface area (Å²) in [5.74, 6) is -0.574. The fourth-order valence-electron chi connectivity index (χ4n) is 11.3. The van der Waals surface area contributed by atoms with Crippen molar-refractivity contribution in [1.82, 2.24) is 0 Å². The van der Waals surface area contributed by atoms with Gasteiger partial charge >= 0.3 is 39.5 Å². The van der Waals surface area contributed by atoms with Gasteiger partial charge in [-0.1, -0.05) is 330 Å². The Morgan fingerprint density at radius 3 is 0.731 bits per heavy atom. The van der Waals surface area contributed by atoms with Crippen LogP contribution in [0.25, 0.3) is 0 Å². The van der Waals surface area contributed by atoms with Gasteiger partial charge in [-0.25, -0.2) is 9.13 Å². The molecule has 0 bridgehead atoms. The summed E-state index contributed by atoms with van der Waals surface area (Å²) in [6, 6.07) is 0. The van der Waals surface area contributed by atoms with Gasteiger partial charge < -0.3 is 33.8 Å². The third-order valence-corrected chi connectivity index (χ3v) is 19.1. The monoisotopic (exact) mass is 1370 g/mol. The van der Waals surface area contributed by atoms with Crippen LogP contribution in [0.3, 0.4) is 0 Å². The Morgan fingerprint density at radius 1 is 0.290 bits per heavy atom. The Balaban J connectivity index is 5.15. The topological polar surface area (TPSA) is 237 Å². The molecule has 0 amide bonds. The molecule has 0 spiro atoms. The summed E-state index contributed by atoms with van der Waals surface area (Å²) >= 11 is 0. The summed E-state index contributed by atoms with van der Waals surface area (Å²) < 4.78 is 68.2. The van der Waals surface area contributed by atoms with Gasteiger partial charge in [0.25, 0.3) is 0 Å². The van der Waals surface area contributed by atoms with Crippen LogP contribution < -0.4 is 0 Å². The van der Waals surface area contributed by atoms with E-state index < -0.39 is 97.5 Å². The fraction of sp³-hybridized carbons (Fsp3) is 0.946. The number of hydrogen-bond donors (Lipinski definition) is 3. The normalized spacial score (nSPS) is 14.1. The molecule has 2 unspecified atom stereocenters. The zero-order valence-electron chi connectivity index (χ0n) is 60.6. The highest BCUT2D eigenvalue weighted by Gasteiger charge is 2.30. The zero-order chi connectivity index (χ0) is 68.6. The molecule has 3 N–H and O–H groups in total. The van der Waals surface area contributed by atoms with E-state index in [4.69, 9.17) is 37.0 Å². The lowest BCUT2D eigenvalue weighted by Crippen LogP contribution is -2.30. The average Bonchev–Trinajstić information content (AvgIpc) is 3.59. The van der Waals surface area contributed by atoms with E-state index in [9.17, 15) is 43.2 Å². The predicted molar refractivity (Wildman–Crippen MR) is 377 cm³/mol. The Labute approximate surface area is 568 Å². The van der Waals surface area contributed by atoms with Gasteiger partial charge in [0.1, 0.15) is 19.3 Å². The molecule has 0 aliphatic heterocycles. The highest BCUT2D eigenvalue weighted by molar-refractivity contribution is 7.47. The number of carbonyl (C=O) groups excluding carboxylic acids is 4. The first kappa shape index (κ1) is 91.1. The Hall–Kier alpha value is -1.94. The lowest BCUT2D eigenvalue weighted by atomic mass is 10.0. The number of hydrogen-bond acceptors (Lipinski definition) is 15. The van der Waals surface area contributed by atoms with E-state index in [1.54, 1.807) is 0 Å². The molecule has 0 saturated carbocycles. The first-order valence-electron chi connectivity index (χ1n) is 38.5. The quantitative estimate of drug-likeness (QED) is 0.0222. The minimum atomic E-state index is -4.95. The van der Waals surface area contributed by atoms with Crippen LogP contribution >= 0.6 is 15.6 Å². The number of carbonyl (C=O) groups is 4. The number of unbranched alkanes of at least 4 members (excludes halogenated alkanes) is 43. The highest BCUT2D eigenvalue weighted by Crippen LogP contribution is 2.45. The van der Waals surface area contributed by atoms with Gasteiger partial charge in [-0.05, 0) is 37.5 Å². The SMILES string of the molecule is CCCCCCCCCCCCCCCCCCCC(=O)OC[C@H](COP(=O)(O)OC[C@@H](O)COP(=O)(O)OC[C@@H](COC(=O)CCCCCCC)OC(=O)CCCCCCCCCCCCC(C)C)OC(=O)CCCCCCCCCCCCCCCCCC(C)C. The molecule has 5 atom stereocenters. The van der Waals surface area contributed by atoms with Gasteiger partial charge in [-0.15, -0.1) is 0 Å². The molecule has 0 fully saturated rings. The van der Waals surface area contributed by atoms with Crippen molar-refractivity contribution in [3.05, 3.63) is 0 Å². The van der Waals surface area contributed by atoms with E-state index >= 15 is 0 Å². The Bertz CT molecular complexity index is 1800. The first-order valence-corrected chi connectivity index (χ1v) is 41.5. The van der Waals surface area contributed by atoms with Crippen LogP contribution in [0.5, 0.6) is 0 Å². The maximum absolute atomic E-state index is 13.1. The largest absolute Gasteiger partial charge is 0.472 e. The summed E-state index contributed by atoms with van der Waals surface area (Å²) in [7, 11) is -9.90. The van der Waals surface area contributed by atoms with Gasteiger partial charge in [0.2, 0.25) is 0 Å². The Morgan fingerprint density at radius 2 is 0.495 bits per heavy atom. The molecule has 0 aliphatic rings. The van der Waals surface area contributed by atoms with E-state index in [2.05, 4.69) is 41.5 Å². The maximum Gasteiger partial charge on any atom is 0.472 e. The molecule has 0 aromatic carbocycles. The molecule has 0 aromatic rings.